The number of aryl methyl sites for hydroxylation is 2. The van der Waals surface area contributed by atoms with Gasteiger partial charge in [0.15, 0.2) is 0 Å². The van der Waals surface area contributed by atoms with Gasteiger partial charge in [-0.05, 0) is 80.7 Å². The van der Waals surface area contributed by atoms with Crippen molar-refractivity contribution < 1.29 is 36.7 Å². The molecule has 2 aromatic rings. The summed E-state index contributed by atoms with van der Waals surface area (Å²) in [4.78, 5) is 58.8. The van der Waals surface area contributed by atoms with Crippen molar-refractivity contribution in [1.82, 2.24) is 25.2 Å². The second-order valence-electron chi connectivity index (χ2n) is 15.3. The van der Waals surface area contributed by atoms with Gasteiger partial charge in [-0.2, -0.15) is 0 Å². The van der Waals surface area contributed by atoms with Gasteiger partial charge in [-0.15, -0.1) is 0 Å². The number of sulfonamides is 1. The molecule has 5 aliphatic rings. The molecule has 3 aliphatic heterocycles. The lowest BCUT2D eigenvalue weighted by Gasteiger charge is -2.30. The summed E-state index contributed by atoms with van der Waals surface area (Å²) in [5, 5.41) is 5.72. The molecule has 1 saturated heterocycles. The fraction of sp³-hybridized carbons (Fsp3) is 0.538. The second-order valence-corrected chi connectivity index (χ2v) is 17.3. The second kappa shape index (κ2) is 14.8. The number of fused-ring (bicyclic) bond motifs is 3. The average Bonchev–Trinajstić information content (AvgIpc) is 4.00. The lowest BCUT2D eigenvalue weighted by molar-refractivity contribution is -0.141. The van der Waals surface area contributed by atoms with Crippen molar-refractivity contribution in [3.8, 4) is 0 Å². The number of carbonyl (C=O) groups excluding carboxylic acids is 4. The number of carbonyl (C=O) groups is 4. The van der Waals surface area contributed by atoms with Crippen molar-refractivity contribution >= 4 is 33.8 Å². The van der Waals surface area contributed by atoms with Gasteiger partial charge in [-0.1, -0.05) is 55.3 Å². The predicted molar refractivity (Wildman–Crippen MR) is 194 cm³/mol. The summed E-state index contributed by atoms with van der Waals surface area (Å²) in [6, 6.07) is 8.99. The molecule has 0 bridgehead atoms. The van der Waals surface area contributed by atoms with Crippen LogP contribution in [0.5, 0.6) is 0 Å². The Morgan fingerprint density at radius 3 is 2.51 bits per heavy atom. The van der Waals surface area contributed by atoms with Gasteiger partial charge >= 0.3 is 6.09 Å². The first-order valence-corrected chi connectivity index (χ1v) is 20.3. The Morgan fingerprint density at radius 1 is 1.02 bits per heavy atom. The van der Waals surface area contributed by atoms with Crippen LogP contribution >= 0.6 is 0 Å². The zero-order chi connectivity index (χ0) is 37.5. The highest BCUT2D eigenvalue weighted by molar-refractivity contribution is 7.91. The molecule has 4 amide bonds. The SMILES string of the molecule is Cc1cccc(C)c1CN[C@H]1CCCCC/C=C\[C@H]2C[C@@]2(C(=O)NS(=O)(=O)C2CC2)NC(=O)[C@@H]2C[C@@H](OC(=O)N3Cc4cccc(F)c4C3)CN2C1=O. The molecule has 2 aromatic carbocycles. The summed E-state index contributed by atoms with van der Waals surface area (Å²) in [6.45, 7) is 4.64. The van der Waals surface area contributed by atoms with Crippen molar-refractivity contribution in [3.05, 3.63) is 82.2 Å². The smallest absolute Gasteiger partial charge is 0.410 e. The molecule has 2 aliphatic carbocycles. The number of rotatable bonds is 7. The van der Waals surface area contributed by atoms with Crippen LogP contribution in [0.15, 0.2) is 48.6 Å². The Kier molecular flexibility index (Phi) is 10.4. The molecular formula is C39H48FN5O7S. The summed E-state index contributed by atoms with van der Waals surface area (Å²) in [5.41, 5.74) is 2.89. The first-order chi connectivity index (χ1) is 25.4. The maximum absolute atomic E-state index is 14.6. The number of nitrogens with one attached hydrogen (secondary N) is 3. The van der Waals surface area contributed by atoms with E-state index in [0.717, 1.165) is 42.4 Å². The molecule has 0 unspecified atom stereocenters. The van der Waals surface area contributed by atoms with Crippen LogP contribution in [0.2, 0.25) is 0 Å². The number of ether oxygens (including phenoxy) is 1. The van der Waals surface area contributed by atoms with Crippen LogP contribution in [0.1, 0.15) is 85.6 Å². The maximum Gasteiger partial charge on any atom is 0.410 e. The molecule has 3 N–H and O–H groups in total. The number of allylic oxidation sites excluding steroid dienone is 1. The van der Waals surface area contributed by atoms with Gasteiger partial charge in [-0.25, -0.2) is 17.6 Å². The van der Waals surface area contributed by atoms with Crippen LogP contribution in [0.25, 0.3) is 0 Å². The Morgan fingerprint density at radius 2 is 1.77 bits per heavy atom. The lowest BCUT2D eigenvalue weighted by Crippen LogP contribution is -2.58. The summed E-state index contributed by atoms with van der Waals surface area (Å²) >= 11 is 0. The van der Waals surface area contributed by atoms with E-state index in [1.807, 2.05) is 44.2 Å². The largest absolute Gasteiger partial charge is 0.444 e. The molecule has 7 rings (SSSR count). The first-order valence-electron chi connectivity index (χ1n) is 18.7. The molecular weight excluding hydrogens is 702 g/mol. The summed E-state index contributed by atoms with van der Waals surface area (Å²) in [7, 11) is -3.89. The van der Waals surface area contributed by atoms with Gasteiger partial charge in [0.05, 0.1) is 24.4 Å². The molecule has 14 heteroatoms. The highest BCUT2D eigenvalue weighted by Crippen LogP contribution is 2.46. The van der Waals surface area contributed by atoms with Gasteiger partial charge in [0.1, 0.15) is 23.5 Å². The number of hydrogen-bond acceptors (Lipinski definition) is 8. The van der Waals surface area contributed by atoms with E-state index < -0.39 is 68.6 Å². The molecule has 53 heavy (non-hydrogen) atoms. The van der Waals surface area contributed by atoms with Gasteiger partial charge in [0.25, 0.3) is 5.91 Å². The molecule has 3 heterocycles. The van der Waals surface area contributed by atoms with Crippen LogP contribution in [0, 0.1) is 25.6 Å². The Bertz CT molecular complexity index is 1910. The van der Waals surface area contributed by atoms with Crippen LogP contribution in [-0.4, -0.2) is 77.6 Å². The van der Waals surface area contributed by atoms with E-state index in [0.29, 0.717) is 36.9 Å². The molecule has 0 aromatic heterocycles. The predicted octanol–water partition coefficient (Wildman–Crippen LogP) is 4.03. The highest BCUT2D eigenvalue weighted by atomic mass is 32.2. The third kappa shape index (κ3) is 7.84. The van der Waals surface area contributed by atoms with E-state index >= 15 is 0 Å². The summed E-state index contributed by atoms with van der Waals surface area (Å²) in [5.74, 6) is -2.55. The van der Waals surface area contributed by atoms with Crippen molar-refractivity contribution in [2.24, 2.45) is 5.92 Å². The van der Waals surface area contributed by atoms with E-state index in [1.165, 1.54) is 15.9 Å². The topological polar surface area (TPSA) is 154 Å². The molecule has 5 atom stereocenters. The van der Waals surface area contributed by atoms with E-state index in [-0.39, 0.29) is 38.4 Å². The van der Waals surface area contributed by atoms with E-state index in [1.54, 1.807) is 12.1 Å². The summed E-state index contributed by atoms with van der Waals surface area (Å²) < 4.78 is 48.2. The van der Waals surface area contributed by atoms with Gasteiger partial charge in [0, 0.05) is 31.0 Å². The minimum absolute atomic E-state index is 0.0271. The molecule has 12 nitrogen and oxygen atoms in total. The lowest BCUT2D eigenvalue weighted by atomic mass is 10.0. The fourth-order valence-corrected chi connectivity index (χ4v) is 9.35. The Labute approximate surface area is 309 Å². The highest BCUT2D eigenvalue weighted by Gasteiger charge is 2.62. The summed E-state index contributed by atoms with van der Waals surface area (Å²) in [6.07, 6.45) is 7.18. The monoisotopic (exact) mass is 749 g/mol. The third-order valence-electron chi connectivity index (χ3n) is 11.5. The van der Waals surface area contributed by atoms with Crippen molar-refractivity contribution in [3.63, 3.8) is 0 Å². The Balaban J connectivity index is 1.14. The number of benzene rings is 2. The maximum atomic E-state index is 14.6. The minimum Gasteiger partial charge on any atom is -0.444 e. The third-order valence-corrected chi connectivity index (χ3v) is 13.3. The molecule has 0 spiro atoms. The minimum atomic E-state index is -3.89. The number of amides is 4. The fourth-order valence-electron chi connectivity index (χ4n) is 7.98. The normalized spacial score (nSPS) is 28.1. The first kappa shape index (κ1) is 37.0. The van der Waals surface area contributed by atoms with Crippen LogP contribution in [-0.2, 0) is 48.8 Å². The van der Waals surface area contributed by atoms with Crippen molar-refractivity contribution in [2.45, 2.75) is 120 Å². The zero-order valence-electron chi connectivity index (χ0n) is 30.2. The van der Waals surface area contributed by atoms with Gasteiger partial charge in [-0.3, -0.25) is 24.0 Å². The van der Waals surface area contributed by atoms with Gasteiger partial charge in [0.2, 0.25) is 21.8 Å². The van der Waals surface area contributed by atoms with Crippen LogP contribution in [0.3, 0.4) is 0 Å². The van der Waals surface area contributed by atoms with E-state index in [9.17, 15) is 32.0 Å². The van der Waals surface area contributed by atoms with Crippen LogP contribution in [0.4, 0.5) is 9.18 Å². The molecule has 3 fully saturated rings. The number of halogens is 1. The number of hydrogen-bond donors (Lipinski definition) is 3. The van der Waals surface area contributed by atoms with Crippen molar-refractivity contribution in [1.29, 1.82) is 0 Å². The van der Waals surface area contributed by atoms with E-state index in [2.05, 4.69) is 15.4 Å². The van der Waals surface area contributed by atoms with Crippen LogP contribution < -0.4 is 15.4 Å². The van der Waals surface area contributed by atoms with E-state index in [4.69, 9.17) is 4.74 Å². The van der Waals surface area contributed by atoms with Crippen molar-refractivity contribution in [2.75, 3.05) is 6.54 Å². The molecule has 2 saturated carbocycles. The standard InChI is InChI=1S/C39H48FN5O7S/c1-24-10-8-11-25(2)30(24)20-41-33-15-7-5-3-4-6-13-27-19-39(27,37(48)43-53(50,51)29-16-17-29)42-35(46)34-18-28(22-45(34)36(33)47)52-38(49)44-21-26-12-9-14-32(40)31(26)23-44/h6,8-14,27-29,33-34,41H,3-5,7,15-23H2,1-2H3,(H,42,46)(H,43,48)/b13-6-/t27-,28+,33-,34-,39+/m0/s1. The average molecular weight is 750 g/mol. The zero-order valence-corrected chi connectivity index (χ0v) is 31.1. The number of nitrogens with zero attached hydrogens (tertiary/aromatic N) is 2. The quantitative estimate of drug-likeness (QED) is 0.359. The Hall–Kier alpha value is -4.30. The molecule has 284 valence electrons. The molecule has 0 radical (unpaired) electrons. The van der Waals surface area contributed by atoms with Gasteiger partial charge < -0.3 is 20.3 Å².